The lowest BCUT2D eigenvalue weighted by atomic mass is 10.0. The van der Waals surface area contributed by atoms with Crippen LogP contribution in [0.4, 0.5) is 10.1 Å². The van der Waals surface area contributed by atoms with E-state index >= 15 is 0 Å². The fourth-order valence-corrected chi connectivity index (χ4v) is 2.09. The van der Waals surface area contributed by atoms with Crippen molar-refractivity contribution in [3.05, 3.63) is 29.1 Å². The Morgan fingerprint density at radius 2 is 1.84 bits per heavy atom. The van der Waals surface area contributed by atoms with E-state index in [9.17, 15) is 9.50 Å². The number of aliphatic hydroxyl groups is 1. The van der Waals surface area contributed by atoms with Gasteiger partial charge in [-0.25, -0.2) is 4.39 Å². The molecule has 0 fully saturated rings. The van der Waals surface area contributed by atoms with E-state index < -0.39 is 6.10 Å². The molecule has 3 nitrogen and oxygen atoms in total. The second-order valence-corrected chi connectivity index (χ2v) is 5.41. The summed E-state index contributed by atoms with van der Waals surface area (Å²) in [6.07, 6.45) is 0.362. The topological polar surface area (TPSA) is 26.7 Å². The fourth-order valence-electron chi connectivity index (χ4n) is 2.09. The van der Waals surface area contributed by atoms with Crippen molar-refractivity contribution in [2.45, 2.75) is 26.4 Å². The van der Waals surface area contributed by atoms with E-state index in [1.165, 1.54) is 6.07 Å². The van der Waals surface area contributed by atoms with Crippen molar-refractivity contribution in [3.63, 3.8) is 0 Å². The van der Waals surface area contributed by atoms with E-state index in [-0.39, 0.29) is 5.82 Å². The van der Waals surface area contributed by atoms with Gasteiger partial charge in [-0.1, -0.05) is 0 Å². The summed E-state index contributed by atoms with van der Waals surface area (Å²) < 4.78 is 13.6. The molecule has 0 amide bonds. The van der Waals surface area contributed by atoms with E-state index in [0.717, 1.165) is 25.2 Å². The second-order valence-electron chi connectivity index (χ2n) is 5.41. The summed E-state index contributed by atoms with van der Waals surface area (Å²) in [4.78, 5) is 4.22. The third-order valence-electron chi connectivity index (χ3n) is 3.27. The quantitative estimate of drug-likeness (QED) is 0.859. The molecule has 4 heteroatoms. The Morgan fingerprint density at radius 1 is 1.21 bits per heavy atom. The number of benzene rings is 1. The molecule has 108 valence electrons. The molecule has 1 atom stereocenters. The zero-order chi connectivity index (χ0) is 14.6. The van der Waals surface area contributed by atoms with Crippen molar-refractivity contribution in [2.75, 3.05) is 39.1 Å². The van der Waals surface area contributed by atoms with Gasteiger partial charge < -0.3 is 14.9 Å². The predicted octanol–water partition coefficient (Wildman–Crippen LogP) is 2.58. The first kappa shape index (κ1) is 15.9. The smallest absolute Gasteiger partial charge is 0.126 e. The average molecular weight is 268 g/mol. The van der Waals surface area contributed by atoms with E-state index in [0.29, 0.717) is 11.1 Å². The van der Waals surface area contributed by atoms with Crippen LogP contribution in [0.2, 0.25) is 0 Å². The van der Waals surface area contributed by atoms with E-state index in [2.05, 4.69) is 9.80 Å². The fraction of sp³-hybridized carbons (Fsp3) is 0.600. The largest absolute Gasteiger partial charge is 0.389 e. The van der Waals surface area contributed by atoms with Crippen molar-refractivity contribution in [2.24, 2.45) is 0 Å². The lowest BCUT2D eigenvalue weighted by Crippen LogP contribution is -2.24. The zero-order valence-electron chi connectivity index (χ0n) is 12.6. The van der Waals surface area contributed by atoms with Crippen LogP contribution in [-0.2, 0) is 0 Å². The summed E-state index contributed by atoms with van der Waals surface area (Å²) in [6.45, 7) is 5.30. The minimum absolute atomic E-state index is 0.263. The highest BCUT2D eigenvalue weighted by atomic mass is 19.1. The molecule has 1 N–H and O–H groups in total. The maximum atomic E-state index is 13.6. The van der Waals surface area contributed by atoms with Gasteiger partial charge in [0.05, 0.1) is 6.10 Å². The van der Waals surface area contributed by atoms with Gasteiger partial charge in [0.1, 0.15) is 5.82 Å². The third-order valence-corrected chi connectivity index (χ3v) is 3.27. The van der Waals surface area contributed by atoms with E-state index in [1.807, 2.05) is 27.2 Å². The Morgan fingerprint density at radius 3 is 2.37 bits per heavy atom. The molecule has 0 heterocycles. The highest BCUT2D eigenvalue weighted by Crippen LogP contribution is 2.28. The van der Waals surface area contributed by atoms with Crippen LogP contribution in [0.15, 0.2) is 12.1 Å². The first-order valence-corrected chi connectivity index (χ1v) is 6.67. The molecule has 0 aliphatic carbocycles. The lowest BCUT2D eigenvalue weighted by molar-refractivity contribution is 0.199. The Balaban J connectivity index is 2.88. The first-order valence-electron chi connectivity index (χ1n) is 6.67. The van der Waals surface area contributed by atoms with Gasteiger partial charge in [-0.2, -0.15) is 0 Å². The molecule has 0 bridgehead atoms. The third kappa shape index (κ3) is 4.48. The molecule has 0 radical (unpaired) electrons. The van der Waals surface area contributed by atoms with Gasteiger partial charge in [0.25, 0.3) is 0 Å². The van der Waals surface area contributed by atoms with Crippen LogP contribution in [-0.4, -0.2) is 44.2 Å². The number of rotatable bonds is 6. The molecule has 1 aromatic carbocycles. The van der Waals surface area contributed by atoms with Crippen molar-refractivity contribution in [3.8, 4) is 0 Å². The van der Waals surface area contributed by atoms with Gasteiger partial charge in [-0.15, -0.1) is 0 Å². The summed E-state index contributed by atoms with van der Waals surface area (Å²) >= 11 is 0. The highest BCUT2D eigenvalue weighted by Gasteiger charge is 2.14. The molecule has 0 unspecified atom stereocenters. The molecular formula is C15H25FN2O. The SMILES string of the molecule is Cc1cc(N(C)CCCN(C)C)c([C@H](C)O)cc1F. The Bertz CT molecular complexity index is 419. The van der Waals surface area contributed by atoms with Crippen LogP contribution in [0.5, 0.6) is 0 Å². The molecule has 0 aliphatic heterocycles. The van der Waals surface area contributed by atoms with Crippen molar-refractivity contribution >= 4 is 5.69 Å². The van der Waals surface area contributed by atoms with Gasteiger partial charge in [-0.05, 0) is 58.6 Å². The van der Waals surface area contributed by atoms with Gasteiger partial charge in [0.15, 0.2) is 0 Å². The number of aliphatic hydroxyl groups excluding tert-OH is 1. The molecule has 0 saturated heterocycles. The van der Waals surface area contributed by atoms with Crippen LogP contribution in [0.25, 0.3) is 0 Å². The Labute approximate surface area is 115 Å². The minimum Gasteiger partial charge on any atom is -0.389 e. The average Bonchev–Trinajstić information content (AvgIpc) is 2.31. The zero-order valence-corrected chi connectivity index (χ0v) is 12.6. The monoisotopic (exact) mass is 268 g/mol. The molecule has 0 saturated carbocycles. The number of aryl methyl sites for hydroxylation is 1. The molecule has 0 spiro atoms. The molecule has 0 aliphatic rings. The number of anilines is 1. The van der Waals surface area contributed by atoms with Crippen LogP contribution in [0.1, 0.15) is 30.6 Å². The van der Waals surface area contributed by atoms with Crippen molar-refractivity contribution < 1.29 is 9.50 Å². The minimum atomic E-state index is -0.665. The Kier molecular flexibility index (Phi) is 5.76. The molecule has 1 aromatic rings. The summed E-state index contributed by atoms with van der Waals surface area (Å²) in [5.41, 5.74) is 2.17. The van der Waals surface area contributed by atoms with Crippen LogP contribution < -0.4 is 4.90 Å². The summed E-state index contributed by atoms with van der Waals surface area (Å²) in [5.74, 6) is -0.263. The number of hydrogen-bond acceptors (Lipinski definition) is 3. The lowest BCUT2D eigenvalue weighted by Gasteiger charge is -2.25. The predicted molar refractivity (Wildman–Crippen MR) is 78.2 cm³/mol. The van der Waals surface area contributed by atoms with Gasteiger partial charge in [-0.3, -0.25) is 0 Å². The molecule has 19 heavy (non-hydrogen) atoms. The van der Waals surface area contributed by atoms with E-state index in [1.54, 1.807) is 13.8 Å². The number of halogens is 1. The van der Waals surface area contributed by atoms with Crippen LogP contribution in [0.3, 0.4) is 0 Å². The number of hydrogen-bond donors (Lipinski definition) is 1. The maximum absolute atomic E-state index is 13.6. The molecule has 1 rings (SSSR count). The summed E-state index contributed by atoms with van der Waals surface area (Å²) in [7, 11) is 6.07. The summed E-state index contributed by atoms with van der Waals surface area (Å²) in [5, 5.41) is 9.78. The van der Waals surface area contributed by atoms with Crippen molar-refractivity contribution in [1.82, 2.24) is 4.90 Å². The Hall–Kier alpha value is -1.13. The van der Waals surface area contributed by atoms with Gasteiger partial charge in [0, 0.05) is 24.8 Å². The van der Waals surface area contributed by atoms with Gasteiger partial charge in [0.2, 0.25) is 0 Å². The maximum Gasteiger partial charge on any atom is 0.126 e. The van der Waals surface area contributed by atoms with Crippen molar-refractivity contribution in [1.29, 1.82) is 0 Å². The molecular weight excluding hydrogens is 243 g/mol. The van der Waals surface area contributed by atoms with Crippen LogP contribution >= 0.6 is 0 Å². The summed E-state index contributed by atoms with van der Waals surface area (Å²) in [6, 6.07) is 3.25. The molecule has 0 aromatic heterocycles. The first-order chi connectivity index (χ1) is 8.82. The van der Waals surface area contributed by atoms with E-state index in [4.69, 9.17) is 0 Å². The standard InChI is InChI=1S/C15H25FN2O/c1-11-9-15(13(12(2)19)10-14(11)16)18(5)8-6-7-17(3)4/h9-10,12,19H,6-8H2,1-5H3/t12-/m0/s1. The van der Waals surface area contributed by atoms with Gasteiger partial charge >= 0.3 is 0 Å². The normalized spacial score (nSPS) is 12.8. The van der Waals surface area contributed by atoms with Crippen LogP contribution in [0, 0.1) is 12.7 Å². The highest BCUT2D eigenvalue weighted by molar-refractivity contribution is 5.56. The second kappa shape index (κ2) is 6.87. The number of nitrogens with zero attached hydrogens (tertiary/aromatic N) is 2.